The zero-order valence-electron chi connectivity index (χ0n) is 12.6. The van der Waals surface area contributed by atoms with E-state index in [0.717, 1.165) is 12.5 Å². The maximum absolute atomic E-state index is 3.62. The maximum Gasteiger partial charge on any atom is 0.0291 e. The van der Waals surface area contributed by atoms with E-state index < -0.39 is 0 Å². The van der Waals surface area contributed by atoms with Crippen molar-refractivity contribution in [2.45, 2.75) is 58.9 Å². The first-order valence-corrected chi connectivity index (χ1v) is 8.66. The largest absolute Gasteiger partial charge is 0.310 e. The van der Waals surface area contributed by atoms with E-state index >= 15 is 0 Å². The third-order valence-electron chi connectivity index (χ3n) is 3.53. The summed E-state index contributed by atoms with van der Waals surface area (Å²) in [6.07, 6.45) is 6.82. The van der Waals surface area contributed by atoms with Crippen molar-refractivity contribution in [2.75, 3.05) is 6.54 Å². The molecule has 0 aliphatic rings. The van der Waals surface area contributed by atoms with Crippen LogP contribution < -0.4 is 5.32 Å². The van der Waals surface area contributed by atoms with Gasteiger partial charge in [0.15, 0.2) is 0 Å². The lowest BCUT2D eigenvalue weighted by Crippen LogP contribution is -2.19. The molecule has 0 saturated carbocycles. The Kier molecular flexibility index (Phi) is 8.71. The first-order chi connectivity index (χ1) is 9.09. The van der Waals surface area contributed by atoms with Gasteiger partial charge >= 0.3 is 0 Å². The Labute approximate surface area is 132 Å². The minimum atomic E-state index is 0.465. The normalized spacial score (nSPS) is 12.9. The summed E-state index contributed by atoms with van der Waals surface area (Å²) < 4.78 is 1.30. The van der Waals surface area contributed by atoms with Crippen LogP contribution in [-0.4, -0.2) is 6.54 Å². The molecule has 1 rings (SSSR count). The molecule has 108 valence electrons. The van der Waals surface area contributed by atoms with E-state index in [1.54, 1.807) is 0 Å². The van der Waals surface area contributed by atoms with E-state index in [1.165, 1.54) is 41.2 Å². The topological polar surface area (TPSA) is 12.0 Å². The molecule has 19 heavy (non-hydrogen) atoms. The SMILES string of the molecule is CC(C)CCCCCCNC(C)c1ccc(I)cc1. The number of benzene rings is 1. The van der Waals surface area contributed by atoms with Crippen molar-refractivity contribution in [3.8, 4) is 0 Å². The number of unbranched alkanes of at least 4 members (excludes halogenated alkanes) is 3. The number of hydrogen-bond donors (Lipinski definition) is 1. The van der Waals surface area contributed by atoms with Crippen molar-refractivity contribution >= 4 is 22.6 Å². The van der Waals surface area contributed by atoms with Crippen LogP contribution in [0.15, 0.2) is 24.3 Å². The molecule has 1 nitrogen and oxygen atoms in total. The summed E-state index contributed by atoms with van der Waals surface area (Å²) in [5.41, 5.74) is 1.39. The van der Waals surface area contributed by atoms with Gasteiger partial charge in [-0.15, -0.1) is 0 Å². The molecule has 1 N–H and O–H groups in total. The Morgan fingerprint density at radius 3 is 2.21 bits per heavy atom. The van der Waals surface area contributed by atoms with Gasteiger partial charge in [0.1, 0.15) is 0 Å². The molecule has 0 radical (unpaired) electrons. The molecule has 0 aliphatic carbocycles. The Hall–Kier alpha value is -0.0900. The second-order valence-corrected chi connectivity index (χ2v) is 7.07. The first kappa shape index (κ1) is 17.0. The second kappa shape index (κ2) is 9.76. The summed E-state index contributed by atoms with van der Waals surface area (Å²) in [5.74, 6) is 0.860. The molecule has 2 heteroatoms. The fourth-order valence-electron chi connectivity index (χ4n) is 2.22. The minimum Gasteiger partial charge on any atom is -0.310 e. The molecular formula is C17H28IN. The van der Waals surface area contributed by atoms with Crippen molar-refractivity contribution in [1.82, 2.24) is 5.32 Å². The highest BCUT2D eigenvalue weighted by Gasteiger charge is 2.03. The molecule has 0 fully saturated rings. The predicted octanol–water partition coefficient (Wildman–Crippen LogP) is 5.55. The summed E-state index contributed by atoms with van der Waals surface area (Å²) >= 11 is 2.35. The third-order valence-corrected chi connectivity index (χ3v) is 4.25. The van der Waals surface area contributed by atoms with E-state index in [4.69, 9.17) is 0 Å². The van der Waals surface area contributed by atoms with Gasteiger partial charge in [-0.05, 0) is 66.1 Å². The lowest BCUT2D eigenvalue weighted by Gasteiger charge is -2.14. The van der Waals surface area contributed by atoms with Gasteiger partial charge in [0.2, 0.25) is 0 Å². The number of halogens is 1. The smallest absolute Gasteiger partial charge is 0.0291 e. The number of nitrogens with one attached hydrogen (secondary N) is 1. The Morgan fingerprint density at radius 1 is 0.947 bits per heavy atom. The highest BCUT2D eigenvalue weighted by Crippen LogP contribution is 2.15. The maximum atomic E-state index is 3.62. The quantitative estimate of drug-likeness (QED) is 0.442. The lowest BCUT2D eigenvalue weighted by atomic mass is 10.0. The van der Waals surface area contributed by atoms with E-state index in [1.807, 2.05) is 0 Å². The van der Waals surface area contributed by atoms with Crippen LogP contribution in [0.4, 0.5) is 0 Å². The van der Waals surface area contributed by atoms with Crippen LogP contribution in [0, 0.1) is 9.49 Å². The van der Waals surface area contributed by atoms with Crippen LogP contribution in [-0.2, 0) is 0 Å². The van der Waals surface area contributed by atoms with E-state index in [0.29, 0.717) is 6.04 Å². The lowest BCUT2D eigenvalue weighted by molar-refractivity contribution is 0.498. The number of hydrogen-bond acceptors (Lipinski definition) is 1. The van der Waals surface area contributed by atoms with Gasteiger partial charge in [-0.1, -0.05) is 51.7 Å². The second-order valence-electron chi connectivity index (χ2n) is 5.82. The summed E-state index contributed by atoms with van der Waals surface area (Å²) in [5, 5.41) is 3.62. The van der Waals surface area contributed by atoms with Gasteiger partial charge in [-0.2, -0.15) is 0 Å². The van der Waals surface area contributed by atoms with Crippen molar-refractivity contribution in [2.24, 2.45) is 5.92 Å². The molecule has 0 amide bonds. The number of rotatable bonds is 9. The summed E-state index contributed by atoms with van der Waals surface area (Å²) in [6, 6.07) is 9.28. The Balaban J connectivity index is 2.07. The van der Waals surface area contributed by atoms with Crippen LogP contribution in [0.25, 0.3) is 0 Å². The standard InChI is InChI=1S/C17H28IN/c1-14(2)8-6-4-5-7-13-19-15(3)16-9-11-17(18)12-10-16/h9-12,14-15,19H,4-8,13H2,1-3H3. The first-order valence-electron chi connectivity index (χ1n) is 7.58. The van der Waals surface area contributed by atoms with Gasteiger partial charge in [-0.25, -0.2) is 0 Å². The highest BCUT2D eigenvalue weighted by atomic mass is 127. The fraction of sp³-hybridized carbons (Fsp3) is 0.647. The van der Waals surface area contributed by atoms with Crippen LogP contribution in [0.2, 0.25) is 0 Å². The average Bonchev–Trinajstić information content (AvgIpc) is 2.38. The molecule has 0 heterocycles. The molecule has 0 bridgehead atoms. The van der Waals surface area contributed by atoms with E-state index in [9.17, 15) is 0 Å². The van der Waals surface area contributed by atoms with E-state index in [2.05, 4.69) is 72.9 Å². The predicted molar refractivity (Wildman–Crippen MR) is 93.5 cm³/mol. The van der Waals surface area contributed by atoms with Crippen molar-refractivity contribution in [3.05, 3.63) is 33.4 Å². The molecule has 1 unspecified atom stereocenters. The zero-order chi connectivity index (χ0) is 14.1. The molecule has 1 aromatic carbocycles. The summed E-state index contributed by atoms with van der Waals surface area (Å²) in [7, 11) is 0. The van der Waals surface area contributed by atoms with Crippen LogP contribution >= 0.6 is 22.6 Å². The van der Waals surface area contributed by atoms with Crippen LogP contribution in [0.1, 0.15) is 64.5 Å². The Bertz CT molecular complexity index is 332. The van der Waals surface area contributed by atoms with Gasteiger partial charge in [0, 0.05) is 9.61 Å². The summed E-state index contributed by atoms with van der Waals surface area (Å²) in [4.78, 5) is 0. The summed E-state index contributed by atoms with van der Waals surface area (Å²) in [6.45, 7) is 8.00. The monoisotopic (exact) mass is 373 g/mol. The van der Waals surface area contributed by atoms with Crippen LogP contribution in [0.3, 0.4) is 0 Å². The zero-order valence-corrected chi connectivity index (χ0v) is 14.7. The molecule has 0 aromatic heterocycles. The van der Waals surface area contributed by atoms with Gasteiger partial charge < -0.3 is 5.32 Å². The van der Waals surface area contributed by atoms with Crippen molar-refractivity contribution in [1.29, 1.82) is 0 Å². The molecule has 0 saturated heterocycles. The minimum absolute atomic E-state index is 0.465. The molecule has 0 aliphatic heterocycles. The van der Waals surface area contributed by atoms with Crippen molar-refractivity contribution < 1.29 is 0 Å². The van der Waals surface area contributed by atoms with Crippen molar-refractivity contribution in [3.63, 3.8) is 0 Å². The van der Waals surface area contributed by atoms with Crippen LogP contribution in [0.5, 0.6) is 0 Å². The fourth-order valence-corrected chi connectivity index (χ4v) is 2.58. The Morgan fingerprint density at radius 2 is 1.58 bits per heavy atom. The third kappa shape index (κ3) is 7.93. The molecule has 1 aromatic rings. The molecule has 0 spiro atoms. The molecular weight excluding hydrogens is 345 g/mol. The average molecular weight is 373 g/mol. The van der Waals surface area contributed by atoms with Gasteiger partial charge in [0.25, 0.3) is 0 Å². The van der Waals surface area contributed by atoms with E-state index in [-0.39, 0.29) is 0 Å². The van der Waals surface area contributed by atoms with Gasteiger partial charge in [-0.3, -0.25) is 0 Å². The highest BCUT2D eigenvalue weighted by molar-refractivity contribution is 14.1. The van der Waals surface area contributed by atoms with Gasteiger partial charge in [0.05, 0.1) is 0 Å². The molecule has 1 atom stereocenters.